The van der Waals surface area contributed by atoms with Crippen LogP contribution in [0.3, 0.4) is 0 Å². The molecule has 0 spiro atoms. The van der Waals surface area contributed by atoms with Crippen LogP contribution in [0.1, 0.15) is 5.56 Å². The quantitative estimate of drug-likeness (QED) is 0.254. The van der Waals surface area contributed by atoms with Gasteiger partial charge in [0.25, 0.3) is 15.6 Å². The summed E-state index contributed by atoms with van der Waals surface area (Å²) in [4.78, 5) is 17.3. The summed E-state index contributed by atoms with van der Waals surface area (Å²) in [6.45, 7) is 6.00. The lowest BCUT2D eigenvalue weighted by Crippen LogP contribution is -2.16. The summed E-state index contributed by atoms with van der Waals surface area (Å²) in [5.74, 6) is 0. The number of nitrogens with zero attached hydrogens (tertiary/aromatic N) is 6. The van der Waals surface area contributed by atoms with Crippen molar-refractivity contribution in [3.8, 4) is 27.3 Å². The van der Waals surface area contributed by atoms with E-state index in [4.69, 9.17) is 23.2 Å². The van der Waals surface area contributed by atoms with Gasteiger partial charge in [-0.2, -0.15) is 5.26 Å². The number of nitriles is 1. The van der Waals surface area contributed by atoms with Crippen molar-refractivity contribution in [3.05, 3.63) is 105 Å². The number of sulfonamides is 1. The molecule has 0 bridgehead atoms. The van der Waals surface area contributed by atoms with Crippen LogP contribution in [0.5, 0.6) is 0 Å². The summed E-state index contributed by atoms with van der Waals surface area (Å²) >= 11 is 13.3. The molecular formula is C25H17Cl2N7O3S2. The number of fused-ring (bicyclic) bond motifs is 1. The number of hydrogen-bond donors (Lipinski definition) is 1. The molecule has 3 heterocycles. The van der Waals surface area contributed by atoms with Gasteiger partial charge in [0.15, 0.2) is 10.7 Å². The van der Waals surface area contributed by atoms with E-state index in [1.165, 1.54) is 29.8 Å². The second-order valence-corrected chi connectivity index (χ2v) is 10.8. The van der Waals surface area contributed by atoms with E-state index in [1.807, 2.05) is 30.3 Å². The van der Waals surface area contributed by atoms with Crippen LogP contribution >= 0.6 is 34.5 Å². The Kier molecular flexibility index (Phi) is 8.27. The minimum atomic E-state index is -4.03. The molecule has 2 aromatic carbocycles. The van der Waals surface area contributed by atoms with E-state index in [2.05, 4.69) is 33.1 Å². The number of anilines is 1. The molecule has 0 unspecified atom stereocenters. The summed E-state index contributed by atoms with van der Waals surface area (Å²) in [5, 5.41) is 20.2. The fraction of sp³-hybridized carbons (Fsp3) is 0. The van der Waals surface area contributed by atoms with Crippen molar-refractivity contribution in [2.45, 2.75) is 0 Å². The highest BCUT2D eigenvalue weighted by Gasteiger charge is 2.22. The first-order valence-corrected chi connectivity index (χ1v) is 14.0. The molecule has 0 aliphatic rings. The van der Waals surface area contributed by atoms with Crippen LogP contribution in [-0.4, -0.2) is 32.8 Å². The fourth-order valence-electron chi connectivity index (χ4n) is 3.43. The van der Waals surface area contributed by atoms with Crippen LogP contribution in [0.2, 0.25) is 10.0 Å². The van der Waals surface area contributed by atoms with Crippen molar-refractivity contribution in [2.24, 2.45) is 0 Å². The predicted octanol–water partition coefficient (Wildman–Crippen LogP) is 5.53. The highest BCUT2D eigenvalue weighted by molar-refractivity contribution is 7.95. The molecule has 39 heavy (non-hydrogen) atoms. The minimum absolute atomic E-state index is 0.00944. The fourth-order valence-corrected chi connectivity index (χ4v) is 5.65. The van der Waals surface area contributed by atoms with Gasteiger partial charge in [0.05, 0.1) is 23.5 Å². The predicted molar refractivity (Wildman–Crippen MR) is 154 cm³/mol. The standard InChI is InChI=1S/C23H13Cl2N7O3S2.C2H4/c24-17-7-4-8-18(25)16(17)9-10-37(34,35)30-15-11-27-20-19(23(33)32(13-26)31(20)12-15)22-29-28-21(36-22)14-5-2-1-3-6-14;1-2/h1-12,30H;1-2H2/b10-9+;. The van der Waals surface area contributed by atoms with E-state index in [-0.39, 0.29) is 32.0 Å². The zero-order valence-corrected chi connectivity index (χ0v) is 23.0. The Bertz CT molecular complexity index is 1890. The van der Waals surface area contributed by atoms with Gasteiger partial charge in [0.1, 0.15) is 10.6 Å². The number of nitrogens with one attached hydrogen (secondary N) is 1. The zero-order chi connectivity index (χ0) is 28.2. The monoisotopic (exact) mass is 597 g/mol. The highest BCUT2D eigenvalue weighted by Crippen LogP contribution is 2.30. The summed E-state index contributed by atoms with van der Waals surface area (Å²) in [5.41, 5.74) is 0.693. The second-order valence-electron chi connectivity index (χ2n) is 7.47. The van der Waals surface area contributed by atoms with Crippen molar-refractivity contribution < 1.29 is 8.42 Å². The molecule has 196 valence electrons. The van der Waals surface area contributed by atoms with Gasteiger partial charge in [-0.15, -0.1) is 28.0 Å². The molecule has 0 saturated heterocycles. The lowest BCUT2D eigenvalue weighted by atomic mass is 10.2. The highest BCUT2D eigenvalue weighted by atomic mass is 35.5. The van der Waals surface area contributed by atoms with Gasteiger partial charge >= 0.3 is 0 Å². The van der Waals surface area contributed by atoms with E-state index >= 15 is 0 Å². The van der Waals surface area contributed by atoms with E-state index < -0.39 is 15.6 Å². The third-order valence-electron chi connectivity index (χ3n) is 5.08. The van der Waals surface area contributed by atoms with Gasteiger partial charge in [0.2, 0.25) is 6.19 Å². The molecule has 5 rings (SSSR count). The number of benzene rings is 2. The Balaban J connectivity index is 0.00000172. The first-order chi connectivity index (χ1) is 18.8. The minimum Gasteiger partial charge on any atom is -0.277 e. The molecule has 5 aromatic rings. The van der Waals surface area contributed by atoms with Crippen LogP contribution in [0, 0.1) is 11.5 Å². The van der Waals surface area contributed by atoms with E-state index in [0.29, 0.717) is 10.6 Å². The number of halogens is 2. The molecule has 0 aliphatic carbocycles. The van der Waals surface area contributed by atoms with Crippen molar-refractivity contribution in [1.82, 2.24) is 24.4 Å². The normalized spacial score (nSPS) is 11.2. The lowest BCUT2D eigenvalue weighted by molar-refractivity contribution is 0.609. The maximum Gasteiger partial charge on any atom is 0.293 e. The molecule has 0 aliphatic heterocycles. The van der Waals surface area contributed by atoms with Gasteiger partial charge < -0.3 is 0 Å². The summed E-state index contributed by atoms with van der Waals surface area (Å²) in [6, 6.07) is 14.1. The smallest absolute Gasteiger partial charge is 0.277 e. The van der Waals surface area contributed by atoms with Crippen LogP contribution in [0.15, 0.2) is 84.3 Å². The van der Waals surface area contributed by atoms with Crippen LogP contribution in [0.25, 0.3) is 32.9 Å². The molecule has 1 N–H and O–H groups in total. The molecule has 0 atom stereocenters. The summed E-state index contributed by atoms with van der Waals surface area (Å²) in [7, 11) is -4.03. The van der Waals surface area contributed by atoms with Crippen LogP contribution in [-0.2, 0) is 10.0 Å². The maximum atomic E-state index is 13.0. The van der Waals surface area contributed by atoms with E-state index in [0.717, 1.165) is 20.2 Å². The Labute approximate surface area is 236 Å². The molecule has 10 nitrogen and oxygen atoms in total. The Morgan fingerprint density at radius 1 is 1.03 bits per heavy atom. The third-order valence-corrected chi connectivity index (χ3v) is 7.74. The van der Waals surface area contributed by atoms with Crippen LogP contribution < -0.4 is 10.3 Å². The molecule has 14 heteroatoms. The Morgan fingerprint density at radius 2 is 1.69 bits per heavy atom. The first kappa shape index (κ1) is 27.7. The van der Waals surface area contributed by atoms with E-state index in [9.17, 15) is 18.5 Å². The summed E-state index contributed by atoms with van der Waals surface area (Å²) < 4.78 is 29.5. The zero-order valence-electron chi connectivity index (χ0n) is 19.8. The number of aromatic nitrogens is 5. The molecule has 0 fully saturated rings. The SMILES string of the molecule is C=C.N#Cn1c(=O)c(-c2nnc(-c3ccccc3)s2)c2ncc(NS(=O)(=O)/C=C/c3c(Cl)cccc3Cl)cn21. The Hall–Kier alpha value is -4.28. The number of rotatable bonds is 6. The van der Waals surface area contributed by atoms with Gasteiger partial charge in [-0.3, -0.25) is 9.52 Å². The van der Waals surface area contributed by atoms with Crippen LogP contribution in [0.4, 0.5) is 5.69 Å². The first-order valence-electron chi connectivity index (χ1n) is 10.8. The van der Waals surface area contributed by atoms with Gasteiger partial charge in [-0.1, -0.05) is 70.9 Å². The average Bonchev–Trinajstić information content (AvgIpc) is 3.51. The molecular weight excluding hydrogens is 581 g/mol. The van der Waals surface area contributed by atoms with Gasteiger partial charge in [-0.05, 0) is 18.2 Å². The molecule has 0 amide bonds. The molecule has 0 radical (unpaired) electrons. The summed E-state index contributed by atoms with van der Waals surface area (Å²) in [6.07, 6.45) is 5.54. The topological polar surface area (TPSA) is 135 Å². The lowest BCUT2D eigenvalue weighted by Gasteiger charge is -2.06. The van der Waals surface area contributed by atoms with Gasteiger partial charge in [-0.25, -0.2) is 17.9 Å². The molecule has 3 aromatic heterocycles. The second kappa shape index (κ2) is 11.6. The van der Waals surface area contributed by atoms with Crippen molar-refractivity contribution in [3.63, 3.8) is 0 Å². The van der Waals surface area contributed by atoms with E-state index in [1.54, 1.807) is 24.4 Å². The molecule has 0 saturated carbocycles. The third kappa shape index (κ3) is 5.76. The maximum absolute atomic E-state index is 13.0. The Morgan fingerprint density at radius 3 is 2.36 bits per heavy atom. The van der Waals surface area contributed by atoms with Crippen molar-refractivity contribution in [1.29, 1.82) is 5.26 Å². The average molecular weight is 598 g/mol. The van der Waals surface area contributed by atoms with Crippen molar-refractivity contribution in [2.75, 3.05) is 4.72 Å². The van der Waals surface area contributed by atoms with Gasteiger partial charge in [0, 0.05) is 21.2 Å². The number of hydrogen-bond acceptors (Lipinski definition) is 8. The van der Waals surface area contributed by atoms with Crippen molar-refractivity contribution >= 4 is 62.0 Å². The largest absolute Gasteiger partial charge is 0.293 e.